The van der Waals surface area contributed by atoms with Crippen LogP contribution in [-0.4, -0.2) is 18.3 Å². The predicted molar refractivity (Wildman–Crippen MR) is 83.6 cm³/mol. The minimum absolute atomic E-state index is 0.343. The summed E-state index contributed by atoms with van der Waals surface area (Å²) >= 11 is 1.88. The number of nitriles is 1. The standard InChI is InChI=1S/C16H24N2S/c1-5-16(12-17,18-4)9-6-10-19-15-8-7-13(2)14(3)11-15/h7-8,11,18H,5-6,9-10H2,1-4H3. The molecule has 0 heterocycles. The highest BCUT2D eigenvalue weighted by molar-refractivity contribution is 7.99. The van der Waals surface area contributed by atoms with Crippen LogP contribution < -0.4 is 5.32 Å². The Labute approximate surface area is 121 Å². The van der Waals surface area contributed by atoms with Crippen LogP contribution in [0.5, 0.6) is 0 Å². The lowest BCUT2D eigenvalue weighted by molar-refractivity contribution is 0.400. The Morgan fingerprint density at radius 2 is 2.05 bits per heavy atom. The van der Waals surface area contributed by atoms with Crippen LogP contribution in [0.4, 0.5) is 0 Å². The van der Waals surface area contributed by atoms with E-state index in [1.807, 2.05) is 18.8 Å². The summed E-state index contributed by atoms with van der Waals surface area (Å²) in [7, 11) is 1.88. The monoisotopic (exact) mass is 276 g/mol. The second-order valence-electron chi connectivity index (χ2n) is 5.00. The molecular formula is C16H24N2S. The van der Waals surface area contributed by atoms with Crippen LogP contribution in [0, 0.1) is 25.2 Å². The maximum Gasteiger partial charge on any atom is 0.106 e. The van der Waals surface area contributed by atoms with Crippen molar-refractivity contribution in [3.8, 4) is 6.07 Å². The van der Waals surface area contributed by atoms with E-state index in [1.54, 1.807) is 0 Å². The van der Waals surface area contributed by atoms with Crippen molar-refractivity contribution in [2.75, 3.05) is 12.8 Å². The maximum atomic E-state index is 9.24. The zero-order valence-corrected chi connectivity index (χ0v) is 13.2. The summed E-state index contributed by atoms with van der Waals surface area (Å²) in [4.78, 5) is 1.33. The van der Waals surface area contributed by atoms with Crippen molar-refractivity contribution in [2.24, 2.45) is 0 Å². The van der Waals surface area contributed by atoms with Gasteiger partial charge >= 0.3 is 0 Å². The number of benzene rings is 1. The summed E-state index contributed by atoms with van der Waals surface area (Å²) in [5, 5.41) is 12.4. The third-order valence-corrected chi connectivity index (χ3v) is 4.87. The van der Waals surface area contributed by atoms with Crippen LogP contribution >= 0.6 is 11.8 Å². The molecule has 0 aliphatic heterocycles. The van der Waals surface area contributed by atoms with Crippen LogP contribution in [-0.2, 0) is 0 Å². The van der Waals surface area contributed by atoms with Gasteiger partial charge in [-0.15, -0.1) is 11.8 Å². The first-order valence-corrected chi connectivity index (χ1v) is 7.85. The number of aryl methyl sites for hydroxylation is 2. The fraction of sp³-hybridized carbons (Fsp3) is 0.562. The van der Waals surface area contributed by atoms with E-state index in [0.717, 1.165) is 25.0 Å². The minimum Gasteiger partial charge on any atom is -0.302 e. The van der Waals surface area contributed by atoms with E-state index < -0.39 is 0 Å². The second-order valence-corrected chi connectivity index (χ2v) is 6.16. The Kier molecular flexibility index (Phi) is 6.41. The first-order chi connectivity index (χ1) is 9.06. The van der Waals surface area contributed by atoms with Gasteiger partial charge in [-0.2, -0.15) is 5.26 Å². The summed E-state index contributed by atoms with van der Waals surface area (Å²) in [6.07, 6.45) is 2.82. The number of thioether (sulfide) groups is 1. The Balaban J connectivity index is 2.42. The largest absolute Gasteiger partial charge is 0.302 e. The Bertz CT molecular complexity index is 445. The van der Waals surface area contributed by atoms with Crippen molar-refractivity contribution < 1.29 is 0 Å². The summed E-state index contributed by atoms with van der Waals surface area (Å²) in [5.74, 6) is 1.06. The van der Waals surface area contributed by atoms with E-state index in [-0.39, 0.29) is 5.54 Å². The van der Waals surface area contributed by atoms with Crippen molar-refractivity contribution >= 4 is 11.8 Å². The zero-order chi connectivity index (χ0) is 14.3. The van der Waals surface area contributed by atoms with Crippen LogP contribution in [0.25, 0.3) is 0 Å². The SMILES string of the molecule is CCC(C#N)(CCCSc1ccc(C)c(C)c1)NC. The van der Waals surface area contributed by atoms with E-state index in [0.29, 0.717) is 0 Å². The molecule has 1 aromatic rings. The highest BCUT2D eigenvalue weighted by Crippen LogP contribution is 2.24. The first-order valence-electron chi connectivity index (χ1n) is 6.87. The summed E-state index contributed by atoms with van der Waals surface area (Å²) in [6.45, 7) is 6.35. The van der Waals surface area contributed by atoms with Crippen molar-refractivity contribution in [3.05, 3.63) is 29.3 Å². The predicted octanol–water partition coefficient (Wildman–Crippen LogP) is 4.07. The van der Waals surface area contributed by atoms with E-state index in [9.17, 15) is 5.26 Å². The quantitative estimate of drug-likeness (QED) is 0.602. The van der Waals surface area contributed by atoms with Crippen molar-refractivity contribution in [2.45, 2.75) is 50.5 Å². The molecule has 1 rings (SSSR count). The molecule has 3 heteroatoms. The molecule has 0 aromatic heterocycles. The fourth-order valence-electron chi connectivity index (χ4n) is 2.04. The summed E-state index contributed by atoms with van der Waals surface area (Å²) < 4.78 is 0. The lowest BCUT2D eigenvalue weighted by Gasteiger charge is -2.24. The molecule has 1 aromatic carbocycles. The smallest absolute Gasteiger partial charge is 0.106 e. The molecule has 1 unspecified atom stereocenters. The molecule has 19 heavy (non-hydrogen) atoms. The van der Waals surface area contributed by atoms with Gasteiger partial charge in [0.1, 0.15) is 5.54 Å². The average Bonchev–Trinajstić information content (AvgIpc) is 2.44. The fourth-order valence-corrected chi connectivity index (χ4v) is 2.99. The molecule has 0 saturated heterocycles. The molecule has 1 N–H and O–H groups in total. The van der Waals surface area contributed by atoms with Crippen LogP contribution in [0.1, 0.15) is 37.3 Å². The number of hydrogen-bond donors (Lipinski definition) is 1. The van der Waals surface area contributed by atoms with Crippen molar-refractivity contribution in [1.82, 2.24) is 5.32 Å². The topological polar surface area (TPSA) is 35.8 Å². The van der Waals surface area contributed by atoms with Gasteiger partial charge in [0.05, 0.1) is 6.07 Å². The first kappa shape index (κ1) is 16.1. The zero-order valence-electron chi connectivity index (χ0n) is 12.4. The molecule has 0 amide bonds. The number of nitrogens with one attached hydrogen (secondary N) is 1. The van der Waals surface area contributed by atoms with Crippen LogP contribution in [0.3, 0.4) is 0 Å². The molecule has 0 aliphatic carbocycles. The Hall–Kier alpha value is -0.980. The van der Waals surface area contributed by atoms with Gasteiger partial charge in [0.25, 0.3) is 0 Å². The van der Waals surface area contributed by atoms with Crippen LogP contribution in [0.15, 0.2) is 23.1 Å². The lowest BCUT2D eigenvalue weighted by Crippen LogP contribution is -2.40. The van der Waals surface area contributed by atoms with Gasteiger partial charge in [-0.05, 0) is 69.2 Å². The Morgan fingerprint density at radius 3 is 2.58 bits per heavy atom. The molecule has 0 spiro atoms. The summed E-state index contributed by atoms with van der Waals surface area (Å²) in [6, 6.07) is 9.02. The van der Waals surface area contributed by atoms with Gasteiger partial charge in [0.15, 0.2) is 0 Å². The van der Waals surface area contributed by atoms with Gasteiger partial charge in [0.2, 0.25) is 0 Å². The van der Waals surface area contributed by atoms with Crippen LogP contribution in [0.2, 0.25) is 0 Å². The molecule has 104 valence electrons. The Morgan fingerprint density at radius 1 is 1.32 bits per heavy atom. The highest BCUT2D eigenvalue weighted by Gasteiger charge is 2.24. The number of hydrogen-bond acceptors (Lipinski definition) is 3. The van der Waals surface area contributed by atoms with Gasteiger partial charge in [-0.1, -0.05) is 13.0 Å². The molecule has 0 bridgehead atoms. The number of rotatable bonds is 7. The van der Waals surface area contributed by atoms with E-state index in [1.165, 1.54) is 16.0 Å². The highest BCUT2D eigenvalue weighted by atomic mass is 32.2. The molecule has 0 saturated carbocycles. The molecule has 1 atom stereocenters. The molecule has 2 nitrogen and oxygen atoms in total. The molecule has 0 aliphatic rings. The van der Waals surface area contributed by atoms with Gasteiger partial charge < -0.3 is 5.32 Å². The molecule has 0 fully saturated rings. The van der Waals surface area contributed by atoms with E-state index in [4.69, 9.17) is 0 Å². The normalized spacial score (nSPS) is 13.8. The van der Waals surface area contributed by atoms with Gasteiger partial charge in [-0.25, -0.2) is 0 Å². The summed E-state index contributed by atoms with van der Waals surface area (Å²) in [5.41, 5.74) is 2.35. The van der Waals surface area contributed by atoms with Gasteiger partial charge in [-0.3, -0.25) is 0 Å². The van der Waals surface area contributed by atoms with E-state index in [2.05, 4.69) is 50.4 Å². The van der Waals surface area contributed by atoms with Crippen molar-refractivity contribution in [3.63, 3.8) is 0 Å². The minimum atomic E-state index is -0.343. The van der Waals surface area contributed by atoms with Crippen molar-refractivity contribution in [1.29, 1.82) is 5.26 Å². The third kappa shape index (κ3) is 4.56. The van der Waals surface area contributed by atoms with E-state index >= 15 is 0 Å². The van der Waals surface area contributed by atoms with Gasteiger partial charge in [0, 0.05) is 4.90 Å². The maximum absolute atomic E-state index is 9.24. The second kappa shape index (κ2) is 7.57. The molecule has 0 radical (unpaired) electrons. The lowest BCUT2D eigenvalue weighted by atomic mass is 9.93. The number of nitrogens with zero attached hydrogens (tertiary/aromatic N) is 1. The molecular weight excluding hydrogens is 252 g/mol. The third-order valence-electron chi connectivity index (χ3n) is 3.79. The average molecular weight is 276 g/mol.